The molecule has 0 saturated carbocycles. The van der Waals surface area contributed by atoms with E-state index in [1.54, 1.807) is 0 Å². The van der Waals surface area contributed by atoms with Crippen molar-refractivity contribution in [2.24, 2.45) is 0 Å². The Kier molecular flexibility index (Phi) is 7.88. The molecule has 0 rings (SSSR count). The Morgan fingerprint density at radius 3 is 2.06 bits per heavy atom. The molecule has 0 atom stereocenters. The van der Waals surface area contributed by atoms with Gasteiger partial charge in [0.05, 0.1) is 7.11 Å². The number of carbonyl (C=O) groups is 1. The summed E-state index contributed by atoms with van der Waals surface area (Å²) in [6, 6.07) is 0. The van der Waals surface area contributed by atoms with Crippen LogP contribution in [-0.2, 0) is 9.53 Å². The first-order valence-corrected chi connectivity index (χ1v) is 6.61. The molecule has 0 aromatic heterocycles. The fourth-order valence-electron chi connectivity index (χ4n) is 2.02. The number of hydrogen-bond donors (Lipinski definition) is 1. The van der Waals surface area contributed by atoms with E-state index < -0.39 is 0 Å². The summed E-state index contributed by atoms with van der Waals surface area (Å²) < 4.78 is 4.73. The lowest BCUT2D eigenvalue weighted by atomic mass is 9.90. The number of hydrogen-bond acceptors (Lipinski definition) is 3. The molecule has 3 nitrogen and oxygen atoms in total. The lowest BCUT2D eigenvalue weighted by Gasteiger charge is -2.31. The summed E-state index contributed by atoms with van der Waals surface area (Å²) in [5, 5.41) is 3.54. The van der Waals surface area contributed by atoms with Gasteiger partial charge in [-0.15, -0.1) is 0 Å². The number of methoxy groups -OCH3 is 1. The second-order valence-electron chi connectivity index (χ2n) is 4.30. The molecule has 0 aliphatic heterocycles. The van der Waals surface area contributed by atoms with Crippen LogP contribution in [0.2, 0.25) is 0 Å². The number of nitrogens with one attached hydrogen (secondary N) is 1. The summed E-state index contributed by atoms with van der Waals surface area (Å²) in [7, 11) is 1.42. The van der Waals surface area contributed by atoms with Crippen molar-refractivity contribution in [1.29, 1.82) is 0 Å². The zero-order valence-electron chi connectivity index (χ0n) is 11.9. The fourth-order valence-corrected chi connectivity index (χ4v) is 2.02. The van der Waals surface area contributed by atoms with Crippen LogP contribution in [0.4, 0.5) is 0 Å². The van der Waals surface area contributed by atoms with Crippen LogP contribution in [0, 0.1) is 0 Å². The van der Waals surface area contributed by atoms with E-state index in [2.05, 4.69) is 26.1 Å². The summed E-state index contributed by atoms with van der Waals surface area (Å²) in [5.41, 5.74) is 0.947. The van der Waals surface area contributed by atoms with Crippen LogP contribution in [0.1, 0.15) is 53.4 Å². The minimum atomic E-state index is -0.218. The summed E-state index contributed by atoms with van der Waals surface area (Å²) in [6.07, 6.45) is 5.97. The van der Waals surface area contributed by atoms with E-state index in [0.29, 0.717) is 6.42 Å². The van der Waals surface area contributed by atoms with Crippen LogP contribution in [0.3, 0.4) is 0 Å². The average molecular weight is 241 g/mol. The van der Waals surface area contributed by atoms with Gasteiger partial charge in [-0.3, -0.25) is 0 Å². The van der Waals surface area contributed by atoms with E-state index in [9.17, 15) is 4.79 Å². The van der Waals surface area contributed by atoms with E-state index in [1.165, 1.54) is 7.11 Å². The summed E-state index contributed by atoms with van der Waals surface area (Å²) in [4.78, 5) is 11.4. The van der Waals surface area contributed by atoms with Gasteiger partial charge < -0.3 is 10.1 Å². The van der Waals surface area contributed by atoms with Crippen LogP contribution in [0.25, 0.3) is 0 Å². The van der Waals surface area contributed by atoms with Crippen molar-refractivity contribution >= 4 is 5.97 Å². The lowest BCUT2D eigenvalue weighted by Crippen LogP contribution is -2.43. The van der Waals surface area contributed by atoms with Crippen LogP contribution in [0.5, 0.6) is 0 Å². The van der Waals surface area contributed by atoms with E-state index >= 15 is 0 Å². The Hall–Kier alpha value is -0.830. The molecule has 0 spiro atoms. The van der Waals surface area contributed by atoms with E-state index in [4.69, 9.17) is 4.74 Å². The smallest absolute Gasteiger partial charge is 0.333 e. The second-order valence-corrected chi connectivity index (χ2v) is 4.30. The summed E-state index contributed by atoms with van der Waals surface area (Å²) in [5.74, 6) is -0.218. The molecule has 0 heterocycles. The van der Waals surface area contributed by atoms with Crippen molar-refractivity contribution in [3.63, 3.8) is 0 Å². The maximum Gasteiger partial charge on any atom is 0.333 e. The molecule has 0 fully saturated rings. The molecule has 0 radical (unpaired) electrons. The van der Waals surface area contributed by atoms with Crippen LogP contribution in [0.15, 0.2) is 11.6 Å². The third-order valence-corrected chi connectivity index (χ3v) is 3.68. The number of ether oxygens (including phenoxy) is 1. The zero-order valence-corrected chi connectivity index (χ0v) is 11.9. The molecule has 3 heteroatoms. The molecule has 0 saturated heterocycles. The Morgan fingerprint density at radius 1 is 1.18 bits per heavy atom. The Balaban J connectivity index is 4.44. The molecule has 0 aromatic rings. The SMILES string of the molecule is CCC(=CCNC(CC)(CC)CC)C(=O)OC. The minimum absolute atomic E-state index is 0.200. The van der Waals surface area contributed by atoms with Crippen LogP contribution < -0.4 is 5.32 Å². The maximum atomic E-state index is 11.4. The zero-order chi connectivity index (χ0) is 13.3. The van der Waals surface area contributed by atoms with Gasteiger partial charge in [-0.05, 0) is 25.7 Å². The van der Waals surface area contributed by atoms with Crippen molar-refractivity contribution < 1.29 is 9.53 Å². The normalized spacial score (nSPS) is 12.6. The van der Waals surface area contributed by atoms with Gasteiger partial charge in [0.2, 0.25) is 0 Å². The van der Waals surface area contributed by atoms with Gasteiger partial charge in [-0.1, -0.05) is 33.8 Å². The van der Waals surface area contributed by atoms with Gasteiger partial charge in [0.1, 0.15) is 0 Å². The predicted molar refractivity (Wildman–Crippen MR) is 72.0 cm³/mol. The quantitative estimate of drug-likeness (QED) is 0.524. The first kappa shape index (κ1) is 16.2. The van der Waals surface area contributed by atoms with Crippen LogP contribution in [-0.4, -0.2) is 25.2 Å². The molecule has 0 aliphatic carbocycles. The third kappa shape index (κ3) is 4.90. The second kappa shape index (κ2) is 8.29. The molecule has 0 amide bonds. The van der Waals surface area contributed by atoms with Crippen molar-refractivity contribution in [2.75, 3.05) is 13.7 Å². The van der Waals surface area contributed by atoms with Gasteiger partial charge in [0.15, 0.2) is 0 Å². The summed E-state index contributed by atoms with van der Waals surface area (Å²) >= 11 is 0. The largest absolute Gasteiger partial charge is 0.466 e. The number of carbonyl (C=O) groups excluding carboxylic acids is 1. The monoisotopic (exact) mass is 241 g/mol. The molecule has 17 heavy (non-hydrogen) atoms. The van der Waals surface area contributed by atoms with Crippen molar-refractivity contribution in [3.8, 4) is 0 Å². The Bertz CT molecular complexity index is 247. The Labute approximate surface area is 106 Å². The molecule has 100 valence electrons. The highest BCUT2D eigenvalue weighted by molar-refractivity contribution is 5.88. The highest BCUT2D eigenvalue weighted by Crippen LogP contribution is 2.18. The van der Waals surface area contributed by atoms with Crippen molar-refractivity contribution in [3.05, 3.63) is 11.6 Å². The van der Waals surface area contributed by atoms with Crippen molar-refractivity contribution in [1.82, 2.24) is 5.32 Å². The topological polar surface area (TPSA) is 38.3 Å². The molecular weight excluding hydrogens is 214 g/mol. The minimum Gasteiger partial charge on any atom is -0.466 e. The molecule has 0 aliphatic rings. The van der Waals surface area contributed by atoms with Gasteiger partial charge in [-0.25, -0.2) is 4.79 Å². The van der Waals surface area contributed by atoms with Gasteiger partial charge in [0, 0.05) is 17.7 Å². The molecule has 0 aromatic carbocycles. The Morgan fingerprint density at radius 2 is 1.71 bits per heavy atom. The van der Waals surface area contributed by atoms with Gasteiger partial charge in [-0.2, -0.15) is 0 Å². The third-order valence-electron chi connectivity index (χ3n) is 3.68. The highest BCUT2D eigenvalue weighted by atomic mass is 16.5. The molecular formula is C14H27NO2. The van der Waals surface area contributed by atoms with E-state index in [0.717, 1.165) is 31.4 Å². The standard InChI is InChI=1S/C14H27NO2/c1-6-12(13(16)17-5)10-11-15-14(7-2,8-3)9-4/h10,15H,6-9,11H2,1-5H3. The van der Waals surface area contributed by atoms with Crippen molar-refractivity contribution in [2.45, 2.75) is 58.9 Å². The van der Waals surface area contributed by atoms with Gasteiger partial charge in [0.25, 0.3) is 0 Å². The molecule has 0 unspecified atom stereocenters. The predicted octanol–water partition coefficient (Wildman–Crippen LogP) is 3.05. The lowest BCUT2D eigenvalue weighted by molar-refractivity contribution is -0.136. The summed E-state index contributed by atoms with van der Waals surface area (Å²) in [6.45, 7) is 9.30. The average Bonchev–Trinajstić information content (AvgIpc) is 2.39. The maximum absolute atomic E-state index is 11.4. The van der Waals surface area contributed by atoms with E-state index in [1.807, 2.05) is 13.0 Å². The molecule has 1 N–H and O–H groups in total. The van der Waals surface area contributed by atoms with E-state index in [-0.39, 0.29) is 11.5 Å². The highest BCUT2D eigenvalue weighted by Gasteiger charge is 2.22. The van der Waals surface area contributed by atoms with Crippen LogP contribution >= 0.6 is 0 Å². The first-order valence-electron chi connectivity index (χ1n) is 6.61. The first-order chi connectivity index (χ1) is 8.09. The number of esters is 1. The fraction of sp³-hybridized carbons (Fsp3) is 0.786. The molecule has 0 bridgehead atoms. The van der Waals surface area contributed by atoms with Gasteiger partial charge >= 0.3 is 5.97 Å². The number of rotatable bonds is 8.